The Labute approximate surface area is 140 Å². The molecule has 0 radical (unpaired) electrons. The largest absolute Gasteiger partial charge is 0.382 e. The third-order valence-corrected chi connectivity index (χ3v) is 4.67. The zero-order chi connectivity index (χ0) is 16.7. The van der Waals surface area contributed by atoms with Gasteiger partial charge in [0.15, 0.2) is 5.16 Å². The zero-order valence-electron chi connectivity index (χ0n) is 13.2. The van der Waals surface area contributed by atoms with Crippen molar-refractivity contribution in [3.63, 3.8) is 0 Å². The molecule has 23 heavy (non-hydrogen) atoms. The number of carbonyl (C=O) groups excluding carboxylic acids is 1. The fourth-order valence-corrected chi connectivity index (χ4v) is 3.13. The number of nitrogen functional groups attached to an aromatic ring is 1. The van der Waals surface area contributed by atoms with Crippen LogP contribution in [0.2, 0.25) is 0 Å². The number of nitrogens with one attached hydrogen (secondary N) is 1. The Kier molecular flexibility index (Phi) is 6.41. The Morgan fingerprint density at radius 2 is 2.39 bits per heavy atom. The summed E-state index contributed by atoms with van der Waals surface area (Å²) in [6, 6.07) is 1.91. The summed E-state index contributed by atoms with van der Waals surface area (Å²) >= 11 is 1.23. The predicted octanol–water partition coefficient (Wildman–Crippen LogP) is 2.42. The highest BCUT2D eigenvalue weighted by Crippen LogP contribution is 2.22. The number of rotatable bonds is 6. The number of hydrogen-bond donors (Lipinski definition) is 2. The summed E-state index contributed by atoms with van der Waals surface area (Å²) < 4.78 is 0. The number of aromatic nitrogens is 2. The van der Waals surface area contributed by atoms with Gasteiger partial charge in [0, 0.05) is 6.54 Å². The van der Waals surface area contributed by atoms with Crippen LogP contribution in [-0.2, 0) is 4.79 Å². The van der Waals surface area contributed by atoms with E-state index in [1.165, 1.54) is 36.4 Å². The molecule has 0 spiro atoms. The number of carbonyl (C=O) groups is 1. The Morgan fingerprint density at radius 3 is 3.04 bits per heavy atom. The number of thioether (sulfide) groups is 1. The van der Waals surface area contributed by atoms with Gasteiger partial charge in [-0.05, 0) is 39.0 Å². The van der Waals surface area contributed by atoms with Gasteiger partial charge in [-0.1, -0.05) is 23.4 Å². The van der Waals surface area contributed by atoms with Crippen LogP contribution in [0.25, 0.3) is 0 Å². The van der Waals surface area contributed by atoms with Crippen molar-refractivity contribution < 1.29 is 4.79 Å². The minimum Gasteiger partial charge on any atom is -0.382 e. The van der Waals surface area contributed by atoms with Gasteiger partial charge < -0.3 is 11.1 Å². The van der Waals surface area contributed by atoms with Crippen molar-refractivity contribution >= 4 is 23.5 Å². The molecule has 0 saturated carbocycles. The first kappa shape index (κ1) is 17.3. The van der Waals surface area contributed by atoms with Gasteiger partial charge in [0.1, 0.15) is 17.5 Å². The van der Waals surface area contributed by atoms with Gasteiger partial charge in [-0.2, -0.15) is 5.26 Å². The van der Waals surface area contributed by atoms with Crippen LogP contribution in [0.15, 0.2) is 23.0 Å². The molecule has 1 aliphatic rings. The van der Waals surface area contributed by atoms with Crippen LogP contribution in [-0.4, -0.2) is 27.7 Å². The minimum atomic E-state index is -0.317. The van der Waals surface area contributed by atoms with Crippen LogP contribution in [0, 0.1) is 11.3 Å². The van der Waals surface area contributed by atoms with Crippen molar-refractivity contribution in [3.8, 4) is 6.07 Å². The molecule has 1 amide bonds. The highest BCUT2D eigenvalue weighted by atomic mass is 32.2. The molecule has 1 aromatic rings. The smallest absolute Gasteiger partial charge is 0.233 e. The summed E-state index contributed by atoms with van der Waals surface area (Å²) in [5.41, 5.74) is 7.34. The van der Waals surface area contributed by atoms with Gasteiger partial charge in [0.25, 0.3) is 0 Å². The molecule has 2 rings (SSSR count). The fourth-order valence-electron chi connectivity index (χ4n) is 2.35. The van der Waals surface area contributed by atoms with Crippen LogP contribution < -0.4 is 11.1 Å². The summed E-state index contributed by atoms with van der Waals surface area (Å²) in [7, 11) is 0. The van der Waals surface area contributed by atoms with Crippen LogP contribution in [0.5, 0.6) is 0 Å². The van der Waals surface area contributed by atoms with Crippen molar-refractivity contribution in [2.75, 3.05) is 12.3 Å². The molecular formula is C16H21N5OS. The van der Waals surface area contributed by atoms with Crippen molar-refractivity contribution in [2.45, 2.75) is 49.4 Å². The topological polar surface area (TPSA) is 105 Å². The van der Waals surface area contributed by atoms with Gasteiger partial charge in [-0.25, -0.2) is 9.97 Å². The maximum atomic E-state index is 12.1. The maximum Gasteiger partial charge on any atom is 0.233 e. The van der Waals surface area contributed by atoms with Crippen molar-refractivity contribution in [1.29, 1.82) is 5.26 Å². The first-order chi connectivity index (χ1) is 11.1. The standard InChI is InChI=1S/C16H21N5OS/c1-11(23-16-20-10-13(9-17)14(18)21-16)15(22)19-8-7-12-5-3-2-4-6-12/h5,10-11H,2-4,6-8H2,1H3,(H,19,22)(H2,18,20,21)/t11-/m0/s1. The van der Waals surface area contributed by atoms with E-state index < -0.39 is 0 Å². The van der Waals surface area contributed by atoms with Gasteiger partial charge in [0.2, 0.25) is 5.91 Å². The Hall–Kier alpha value is -2.07. The molecule has 1 heterocycles. The predicted molar refractivity (Wildman–Crippen MR) is 90.7 cm³/mol. The molecule has 0 bridgehead atoms. The second-order valence-electron chi connectivity index (χ2n) is 5.47. The second kappa shape index (κ2) is 8.53. The number of amides is 1. The van der Waals surface area contributed by atoms with E-state index in [1.807, 2.05) is 6.07 Å². The summed E-state index contributed by atoms with van der Waals surface area (Å²) in [6.45, 7) is 2.46. The molecule has 3 N–H and O–H groups in total. The Bertz CT molecular complexity index is 638. The first-order valence-electron chi connectivity index (χ1n) is 7.75. The van der Waals surface area contributed by atoms with Crippen LogP contribution in [0.3, 0.4) is 0 Å². The molecule has 122 valence electrons. The fraction of sp³-hybridized carbons (Fsp3) is 0.500. The molecule has 0 fully saturated rings. The van der Waals surface area contributed by atoms with Crippen LogP contribution >= 0.6 is 11.8 Å². The molecule has 1 atom stereocenters. The highest BCUT2D eigenvalue weighted by molar-refractivity contribution is 8.00. The third kappa shape index (κ3) is 5.25. The summed E-state index contributed by atoms with van der Waals surface area (Å²) in [4.78, 5) is 20.2. The number of allylic oxidation sites excluding steroid dienone is 1. The molecule has 0 aliphatic heterocycles. The van der Waals surface area contributed by atoms with E-state index in [2.05, 4.69) is 21.4 Å². The highest BCUT2D eigenvalue weighted by Gasteiger charge is 2.16. The molecule has 7 heteroatoms. The lowest BCUT2D eigenvalue weighted by atomic mass is 9.97. The molecule has 0 aromatic carbocycles. The number of nitriles is 1. The summed E-state index contributed by atoms with van der Waals surface area (Å²) in [6.07, 6.45) is 9.43. The number of nitrogens with two attached hydrogens (primary N) is 1. The Morgan fingerprint density at radius 1 is 1.57 bits per heavy atom. The van der Waals surface area contributed by atoms with Crippen molar-refractivity contribution in [1.82, 2.24) is 15.3 Å². The molecular weight excluding hydrogens is 310 g/mol. The molecule has 0 saturated heterocycles. The minimum absolute atomic E-state index is 0.0436. The van der Waals surface area contributed by atoms with E-state index in [-0.39, 0.29) is 22.5 Å². The van der Waals surface area contributed by atoms with Crippen LogP contribution in [0.4, 0.5) is 5.82 Å². The third-order valence-electron chi connectivity index (χ3n) is 3.70. The van der Waals surface area contributed by atoms with E-state index in [4.69, 9.17) is 11.0 Å². The van der Waals surface area contributed by atoms with Crippen molar-refractivity contribution in [3.05, 3.63) is 23.4 Å². The van der Waals surface area contributed by atoms with E-state index in [1.54, 1.807) is 6.92 Å². The van der Waals surface area contributed by atoms with Crippen molar-refractivity contribution in [2.24, 2.45) is 0 Å². The lowest BCUT2D eigenvalue weighted by Crippen LogP contribution is -2.32. The van der Waals surface area contributed by atoms with E-state index in [0.717, 1.165) is 19.3 Å². The first-order valence-corrected chi connectivity index (χ1v) is 8.63. The van der Waals surface area contributed by atoms with Gasteiger partial charge in [-0.3, -0.25) is 4.79 Å². The average Bonchev–Trinajstić information content (AvgIpc) is 2.56. The average molecular weight is 331 g/mol. The molecule has 1 aliphatic carbocycles. The number of nitrogens with zero attached hydrogens (tertiary/aromatic N) is 3. The van der Waals surface area contributed by atoms with E-state index >= 15 is 0 Å². The Balaban J connectivity index is 1.79. The van der Waals surface area contributed by atoms with Gasteiger partial charge >= 0.3 is 0 Å². The lowest BCUT2D eigenvalue weighted by molar-refractivity contribution is -0.120. The van der Waals surface area contributed by atoms with Gasteiger partial charge in [-0.15, -0.1) is 0 Å². The summed E-state index contributed by atoms with van der Waals surface area (Å²) in [5, 5.41) is 11.8. The zero-order valence-corrected chi connectivity index (χ0v) is 14.0. The monoisotopic (exact) mass is 331 g/mol. The number of hydrogen-bond acceptors (Lipinski definition) is 6. The van der Waals surface area contributed by atoms with E-state index in [9.17, 15) is 4.79 Å². The van der Waals surface area contributed by atoms with E-state index in [0.29, 0.717) is 11.7 Å². The second-order valence-corrected chi connectivity index (χ2v) is 6.78. The lowest BCUT2D eigenvalue weighted by Gasteiger charge is -2.14. The molecule has 6 nitrogen and oxygen atoms in total. The van der Waals surface area contributed by atoms with Crippen LogP contribution in [0.1, 0.15) is 44.6 Å². The quantitative estimate of drug-likeness (QED) is 0.471. The molecule has 1 aromatic heterocycles. The molecule has 0 unspecified atom stereocenters. The van der Waals surface area contributed by atoms with Gasteiger partial charge in [0.05, 0.1) is 11.4 Å². The summed E-state index contributed by atoms with van der Waals surface area (Å²) in [5.74, 6) is 0.0970. The normalized spacial score (nSPS) is 15.4. The SMILES string of the molecule is C[C@H](Sc1ncc(C#N)c(N)n1)C(=O)NCCC1=CCCCC1. The number of anilines is 1. The maximum absolute atomic E-state index is 12.1.